The molecule has 2 aromatic heterocycles. The minimum Gasteiger partial charge on any atom is -0.352 e. The van der Waals surface area contributed by atoms with E-state index in [1.165, 1.54) is 37.2 Å². The summed E-state index contributed by atoms with van der Waals surface area (Å²) >= 11 is 0. The second-order valence-electron chi connectivity index (χ2n) is 5.87. The minimum absolute atomic E-state index is 0.710. The Kier molecular flexibility index (Phi) is 4.44. The maximum absolute atomic E-state index is 4.93. The van der Waals surface area contributed by atoms with Crippen LogP contribution in [0.1, 0.15) is 45.2 Å². The van der Waals surface area contributed by atoms with E-state index in [1.807, 2.05) is 0 Å². The number of nitrogens with zero attached hydrogens (tertiary/aromatic N) is 3. The molecule has 1 N–H and O–H groups in total. The summed E-state index contributed by atoms with van der Waals surface area (Å²) in [4.78, 5) is 7.47. The van der Waals surface area contributed by atoms with Crippen molar-refractivity contribution in [1.82, 2.24) is 14.7 Å². The molecular weight excluding hydrogens is 260 g/mol. The Morgan fingerprint density at radius 3 is 2.90 bits per heavy atom. The average Bonchev–Trinajstić information content (AvgIpc) is 3.28. The van der Waals surface area contributed by atoms with Gasteiger partial charge in [-0.3, -0.25) is 0 Å². The van der Waals surface area contributed by atoms with E-state index in [-0.39, 0.29) is 0 Å². The fourth-order valence-corrected chi connectivity index (χ4v) is 2.85. The molecule has 0 saturated heterocycles. The highest BCUT2D eigenvalue weighted by molar-refractivity contribution is 5.57. The zero-order valence-electron chi connectivity index (χ0n) is 13.2. The van der Waals surface area contributed by atoms with Crippen molar-refractivity contribution in [2.24, 2.45) is 0 Å². The molecule has 1 aliphatic rings. The molecule has 0 spiro atoms. The fourth-order valence-electron chi connectivity index (χ4n) is 2.85. The first-order valence-corrected chi connectivity index (χ1v) is 8.28. The van der Waals surface area contributed by atoms with Gasteiger partial charge >= 0.3 is 0 Å². The molecule has 1 aliphatic carbocycles. The van der Waals surface area contributed by atoms with Crippen molar-refractivity contribution in [1.29, 1.82) is 0 Å². The van der Waals surface area contributed by atoms with Crippen molar-refractivity contribution in [3.05, 3.63) is 30.1 Å². The van der Waals surface area contributed by atoms with E-state index in [9.17, 15) is 0 Å². The van der Waals surface area contributed by atoms with Crippen LogP contribution in [0.2, 0.25) is 0 Å². The Bertz CT molecular complexity index is 585. The molecule has 0 amide bonds. The van der Waals surface area contributed by atoms with Gasteiger partial charge in [0, 0.05) is 25.3 Å². The first-order chi connectivity index (χ1) is 10.3. The number of aromatic nitrogens is 2. The fraction of sp³-hybridized carbons (Fsp3) is 0.588. The van der Waals surface area contributed by atoms with Gasteiger partial charge in [-0.2, -0.15) is 0 Å². The first kappa shape index (κ1) is 14.4. The van der Waals surface area contributed by atoms with E-state index in [0.29, 0.717) is 6.04 Å². The third-order valence-electron chi connectivity index (χ3n) is 4.16. The van der Waals surface area contributed by atoms with Crippen molar-refractivity contribution in [2.75, 3.05) is 18.0 Å². The van der Waals surface area contributed by atoms with Crippen molar-refractivity contribution < 1.29 is 0 Å². The Balaban J connectivity index is 1.97. The van der Waals surface area contributed by atoms with Crippen LogP contribution in [0.5, 0.6) is 0 Å². The molecular formula is C17H26N4. The SMILES string of the molecule is CCCCN(c1nc2ccccn2c1CNCC)C1CC1. The smallest absolute Gasteiger partial charge is 0.152 e. The van der Waals surface area contributed by atoms with Gasteiger partial charge in [0.15, 0.2) is 5.82 Å². The van der Waals surface area contributed by atoms with Gasteiger partial charge < -0.3 is 14.6 Å². The van der Waals surface area contributed by atoms with Crippen LogP contribution in [0.3, 0.4) is 0 Å². The van der Waals surface area contributed by atoms with Gasteiger partial charge in [0.25, 0.3) is 0 Å². The van der Waals surface area contributed by atoms with E-state index in [1.54, 1.807) is 0 Å². The van der Waals surface area contributed by atoms with Crippen molar-refractivity contribution >= 4 is 11.5 Å². The van der Waals surface area contributed by atoms with Crippen LogP contribution in [0.15, 0.2) is 24.4 Å². The summed E-state index contributed by atoms with van der Waals surface area (Å²) < 4.78 is 2.24. The molecule has 0 unspecified atom stereocenters. The van der Waals surface area contributed by atoms with Crippen molar-refractivity contribution in [3.63, 3.8) is 0 Å². The lowest BCUT2D eigenvalue weighted by atomic mass is 10.3. The summed E-state index contributed by atoms with van der Waals surface area (Å²) in [5.41, 5.74) is 2.36. The molecule has 1 saturated carbocycles. The quantitative estimate of drug-likeness (QED) is 0.809. The standard InChI is InChI=1S/C17H26N4/c1-3-5-11-20(14-9-10-14)17-15(13-18-4-2)21-12-7-6-8-16(21)19-17/h6-8,12,14,18H,3-5,9-11,13H2,1-2H3. The van der Waals surface area contributed by atoms with Crippen molar-refractivity contribution in [2.45, 2.75) is 52.1 Å². The highest BCUT2D eigenvalue weighted by atomic mass is 15.3. The third-order valence-corrected chi connectivity index (χ3v) is 4.16. The Morgan fingerprint density at radius 1 is 1.33 bits per heavy atom. The van der Waals surface area contributed by atoms with Crippen molar-refractivity contribution in [3.8, 4) is 0 Å². The van der Waals surface area contributed by atoms with E-state index in [2.05, 4.69) is 52.9 Å². The molecule has 0 bridgehead atoms. The molecule has 0 aliphatic heterocycles. The Labute approximate surface area is 127 Å². The summed E-state index contributed by atoms with van der Waals surface area (Å²) in [6.07, 6.45) is 7.24. The Morgan fingerprint density at radius 2 is 2.19 bits per heavy atom. The summed E-state index contributed by atoms with van der Waals surface area (Å²) in [5.74, 6) is 1.19. The van der Waals surface area contributed by atoms with Crippen LogP contribution >= 0.6 is 0 Å². The zero-order chi connectivity index (χ0) is 14.7. The first-order valence-electron chi connectivity index (χ1n) is 8.28. The van der Waals surface area contributed by atoms with Crippen LogP contribution in [0.4, 0.5) is 5.82 Å². The lowest BCUT2D eigenvalue weighted by molar-refractivity contribution is 0.678. The summed E-state index contributed by atoms with van der Waals surface area (Å²) in [6, 6.07) is 6.96. The molecule has 0 aromatic carbocycles. The van der Waals surface area contributed by atoms with E-state index in [4.69, 9.17) is 4.98 Å². The lowest BCUT2D eigenvalue weighted by Crippen LogP contribution is -2.29. The topological polar surface area (TPSA) is 32.6 Å². The maximum atomic E-state index is 4.93. The van der Waals surface area contributed by atoms with Gasteiger partial charge in [-0.25, -0.2) is 4.98 Å². The molecule has 21 heavy (non-hydrogen) atoms. The number of hydrogen-bond acceptors (Lipinski definition) is 3. The number of anilines is 1. The summed E-state index contributed by atoms with van der Waals surface area (Å²) in [7, 11) is 0. The second-order valence-corrected chi connectivity index (χ2v) is 5.87. The molecule has 4 heteroatoms. The van der Waals surface area contributed by atoms with E-state index in [0.717, 1.165) is 25.3 Å². The number of unbranched alkanes of at least 4 members (excludes halogenated alkanes) is 1. The van der Waals surface area contributed by atoms with Gasteiger partial charge in [0.2, 0.25) is 0 Å². The molecule has 0 radical (unpaired) electrons. The molecule has 114 valence electrons. The largest absolute Gasteiger partial charge is 0.352 e. The predicted octanol–water partition coefficient (Wildman–Crippen LogP) is 3.21. The van der Waals surface area contributed by atoms with Gasteiger partial charge in [0.1, 0.15) is 5.65 Å². The lowest BCUT2D eigenvalue weighted by Gasteiger charge is -2.23. The number of nitrogens with one attached hydrogen (secondary N) is 1. The van der Waals surface area contributed by atoms with Gasteiger partial charge in [-0.1, -0.05) is 26.3 Å². The van der Waals surface area contributed by atoms with Crippen LogP contribution in [-0.2, 0) is 6.54 Å². The molecule has 0 atom stereocenters. The molecule has 2 aromatic rings. The third kappa shape index (κ3) is 3.05. The number of rotatable bonds is 8. The van der Waals surface area contributed by atoms with Crippen LogP contribution in [0, 0.1) is 0 Å². The van der Waals surface area contributed by atoms with Gasteiger partial charge in [-0.15, -0.1) is 0 Å². The van der Waals surface area contributed by atoms with E-state index >= 15 is 0 Å². The predicted molar refractivity (Wildman–Crippen MR) is 87.8 cm³/mol. The maximum Gasteiger partial charge on any atom is 0.152 e. The van der Waals surface area contributed by atoms with Crippen LogP contribution in [-0.4, -0.2) is 28.5 Å². The highest BCUT2D eigenvalue weighted by Crippen LogP contribution is 2.33. The molecule has 1 fully saturated rings. The monoisotopic (exact) mass is 286 g/mol. The minimum atomic E-state index is 0.710. The Hall–Kier alpha value is -1.55. The number of hydrogen-bond donors (Lipinski definition) is 1. The molecule has 2 heterocycles. The average molecular weight is 286 g/mol. The number of fused-ring (bicyclic) bond motifs is 1. The molecule has 3 rings (SSSR count). The summed E-state index contributed by atoms with van der Waals surface area (Å²) in [5, 5.41) is 3.47. The number of imidazole rings is 1. The normalized spacial score (nSPS) is 14.8. The van der Waals surface area contributed by atoms with Gasteiger partial charge in [0.05, 0.1) is 5.69 Å². The number of pyridine rings is 1. The summed E-state index contributed by atoms with van der Waals surface area (Å²) in [6.45, 7) is 7.40. The van der Waals surface area contributed by atoms with Crippen LogP contribution in [0.25, 0.3) is 5.65 Å². The second kappa shape index (κ2) is 6.48. The van der Waals surface area contributed by atoms with Crippen LogP contribution < -0.4 is 10.2 Å². The molecule has 4 nitrogen and oxygen atoms in total. The zero-order valence-corrected chi connectivity index (χ0v) is 13.2. The highest BCUT2D eigenvalue weighted by Gasteiger charge is 2.32. The van der Waals surface area contributed by atoms with Gasteiger partial charge in [-0.05, 0) is 37.9 Å². The van der Waals surface area contributed by atoms with E-state index < -0.39 is 0 Å².